The summed E-state index contributed by atoms with van der Waals surface area (Å²) in [6.07, 6.45) is 0.997. The van der Waals surface area contributed by atoms with Gasteiger partial charge in [0.05, 0.1) is 16.7 Å². The molecule has 0 unspecified atom stereocenters. The molecule has 3 N–H and O–H groups in total. The number of aryl methyl sites for hydroxylation is 1. The Labute approximate surface area is 95.4 Å². The molecule has 0 bridgehead atoms. The quantitative estimate of drug-likeness (QED) is 0.612. The molecule has 0 amide bonds. The number of nitrogens with zero attached hydrogens (tertiary/aromatic N) is 2. The molecule has 0 saturated carbocycles. The summed E-state index contributed by atoms with van der Waals surface area (Å²) in [5, 5.41) is 0. The van der Waals surface area contributed by atoms with Crippen molar-refractivity contribution in [3.05, 3.63) is 24.0 Å². The molecule has 1 aromatic heterocycles. The predicted molar refractivity (Wildman–Crippen MR) is 67.1 cm³/mol. The molecule has 0 aliphatic rings. The van der Waals surface area contributed by atoms with E-state index in [1.165, 1.54) is 0 Å². The lowest BCUT2D eigenvalue weighted by atomic mass is 10.1. The van der Waals surface area contributed by atoms with Gasteiger partial charge < -0.3 is 9.99 Å². The van der Waals surface area contributed by atoms with Crippen LogP contribution in [0.15, 0.2) is 18.2 Å². The van der Waals surface area contributed by atoms with Crippen LogP contribution in [0.2, 0.25) is 0 Å². The van der Waals surface area contributed by atoms with E-state index in [0.717, 1.165) is 29.0 Å². The van der Waals surface area contributed by atoms with Crippen LogP contribution < -0.4 is 11.3 Å². The van der Waals surface area contributed by atoms with E-state index in [1.54, 1.807) is 0 Å². The van der Waals surface area contributed by atoms with Gasteiger partial charge in [0, 0.05) is 13.5 Å². The minimum Gasteiger partial charge on any atom is -0.331 e. The van der Waals surface area contributed by atoms with E-state index in [-0.39, 0.29) is 0 Å². The van der Waals surface area contributed by atoms with Crippen molar-refractivity contribution in [1.29, 1.82) is 0 Å². The first-order valence-corrected chi connectivity index (χ1v) is 5.53. The van der Waals surface area contributed by atoms with Gasteiger partial charge >= 0.3 is 0 Å². The van der Waals surface area contributed by atoms with Crippen LogP contribution in [0.1, 0.15) is 19.7 Å². The first kappa shape index (κ1) is 11.0. The first-order chi connectivity index (χ1) is 7.61. The van der Waals surface area contributed by atoms with Crippen molar-refractivity contribution in [2.45, 2.75) is 20.3 Å². The molecule has 4 nitrogen and oxygen atoms in total. The Kier molecular flexibility index (Phi) is 2.83. The first-order valence-electron chi connectivity index (χ1n) is 5.53. The van der Waals surface area contributed by atoms with Crippen LogP contribution in [-0.2, 0) is 13.5 Å². The van der Waals surface area contributed by atoms with E-state index in [0.29, 0.717) is 5.92 Å². The molecule has 0 spiro atoms. The number of nitrogens with two attached hydrogens (primary N) is 1. The van der Waals surface area contributed by atoms with E-state index in [1.807, 2.05) is 25.2 Å². The molecule has 86 valence electrons. The maximum absolute atomic E-state index is 5.40. The molecule has 1 heterocycles. The number of nitrogen functional groups attached to an aromatic ring is 1. The molecule has 4 heteroatoms. The SMILES string of the molecule is CC(C)Cc1nc2ccc(NN)cc2n1C. The van der Waals surface area contributed by atoms with Crippen LogP contribution in [0.25, 0.3) is 11.0 Å². The average molecular weight is 218 g/mol. The van der Waals surface area contributed by atoms with Crippen molar-refractivity contribution < 1.29 is 0 Å². The van der Waals surface area contributed by atoms with Gasteiger partial charge in [-0.1, -0.05) is 13.8 Å². The number of hydrogen-bond donors (Lipinski definition) is 2. The van der Waals surface area contributed by atoms with Crippen LogP contribution in [0.5, 0.6) is 0 Å². The Hall–Kier alpha value is -1.55. The van der Waals surface area contributed by atoms with Gasteiger partial charge in [0.15, 0.2) is 0 Å². The number of benzene rings is 1. The maximum atomic E-state index is 5.40. The Morgan fingerprint density at radius 3 is 2.81 bits per heavy atom. The summed E-state index contributed by atoms with van der Waals surface area (Å²) in [6.45, 7) is 4.40. The number of hydrogen-bond acceptors (Lipinski definition) is 3. The second-order valence-electron chi connectivity index (χ2n) is 4.53. The number of nitrogens with one attached hydrogen (secondary N) is 1. The van der Waals surface area contributed by atoms with Crippen LogP contribution in [0.3, 0.4) is 0 Å². The molecule has 0 aliphatic carbocycles. The lowest BCUT2D eigenvalue weighted by Gasteiger charge is -2.05. The van der Waals surface area contributed by atoms with Crippen molar-refractivity contribution in [3.63, 3.8) is 0 Å². The highest BCUT2D eigenvalue weighted by atomic mass is 15.2. The number of fused-ring (bicyclic) bond motifs is 1. The highest BCUT2D eigenvalue weighted by molar-refractivity contribution is 5.80. The fraction of sp³-hybridized carbons (Fsp3) is 0.417. The van der Waals surface area contributed by atoms with Gasteiger partial charge in [-0.25, -0.2) is 4.98 Å². The average Bonchev–Trinajstić information content (AvgIpc) is 2.55. The van der Waals surface area contributed by atoms with Crippen LogP contribution in [0.4, 0.5) is 5.69 Å². The van der Waals surface area contributed by atoms with Crippen molar-refractivity contribution in [3.8, 4) is 0 Å². The zero-order valence-corrected chi connectivity index (χ0v) is 9.99. The molecule has 0 saturated heterocycles. The van der Waals surface area contributed by atoms with E-state index in [2.05, 4.69) is 28.8 Å². The monoisotopic (exact) mass is 218 g/mol. The molecule has 0 fully saturated rings. The normalized spacial score (nSPS) is 11.3. The number of imidazole rings is 1. The third kappa shape index (κ3) is 1.88. The molecule has 2 rings (SSSR count). The summed E-state index contributed by atoms with van der Waals surface area (Å²) in [7, 11) is 2.05. The van der Waals surface area contributed by atoms with Gasteiger partial charge in [0.2, 0.25) is 0 Å². The lowest BCUT2D eigenvalue weighted by molar-refractivity contribution is 0.606. The minimum absolute atomic E-state index is 0.614. The predicted octanol–water partition coefficient (Wildman–Crippen LogP) is 2.06. The third-order valence-corrected chi connectivity index (χ3v) is 2.73. The lowest BCUT2D eigenvalue weighted by Crippen LogP contribution is -2.06. The van der Waals surface area contributed by atoms with Crippen molar-refractivity contribution in [2.24, 2.45) is 18.8 Å². The Morgan fingerprint density at radius 2 is 2.19 bits per heavy atom. The van der Waals surface area contributed by atoms with Gasteiger partial charge in [-0.2, -0.15) is 0 Å². The topological polar surface area (TPSA) is 55.9 Å². The summed E-state index contributed by atoms with van der Waals surface area (Å²) in [5.74, 6) is 7.14. The molecule has 1 aromatic carbocycles. The van der Waals surface area contributed by atoms with Gasteiger partial charge in [-0.3, -0.25) is 5.84 Å². The summed E-state index contributed by atoms with van der Waals surface area (Å²) in [6, 6.07) is 5.95. The summed E-state index contributed by atoms with van der Waals surface area (Å²) in [4.78, 5) is 4.62. The van der Waals surface area contributed by atoms with Crippen LogP contribution >= 0.6 is 0 Å². The van der Waals surface area contributed by atoms with Crippen molar-refractivity contribution in [2.75, 3.05) is 5.43 Å². The second-order valence-corrected chi connectivity index (χ2v) is 4.53. The molecule has 0 atom stereocenters. The Morgan fingerprint density at radius 1 is 1.44 bits per heavy atom. The zero-order chi connectivity index (χ0) is 11.7. The van der Waals surface area contributed by atoms with E-state index < -0.39 is 0 Å². The van der Waals surface area contributed by atoms with E-state index >= 15 is 0 Å². The Bertz CT molecular complexity index is 499. The number of hydrazine groups is 1. The van der Waals surface area contributed by atoms with Gasteiger partial charge in [-0.15, -0.1) is 0 Å². The van der Waals surface area contributed by atoms with Gasteiger partial charge in [-0.05, 0) is 24.1 Å². The number of aromatic nitrogens is 2. The van der Waals surface area contributed by atoms with Crippen molar-refractivity contribution >= 4 is 16.7 Å². The molecule has 16 heavy (non-hydrogen) atoms. The Balaban J connectivity index is 2.50. The van der Waals surface area contributed by atoms with E-state index in [4.69, 9.17) is 5.84 Å². The smallest absolute Gasteiger partial charge is 0.109 e. The molecular formula is C12H18N4. The van der Waals surface area contributed by atoms with Crippen LogP contribution in [0, 0.1) is 5.92 Å². The van der Waals surface area contributed by atoms with Gasteiger partial charge in [0.25, 0.3) is 0 Å². The van der Waals surface area contributed by atoms with Crippen LogP contribution in [-0.4, -0.2) is 9.55 Å². The largest absolute Gasteiger partial charge is 0.331 e. The zero-order valence-electron chi connectivity index (χ0n) is 9.99. The second kappa shape index (κ2) is 4.14. The summed E-state index contributed by atoms with van der Waals surface area (Å²) < 4.78 is 2.14. The summed E-state index contributed by atoms with van der Waals surface area (Å²) >= 11 is 0. The third-order valence-electron chi connectivity index (χ3n) is 2.73. The molecular weight excluding hydrogens is 200 g/mol. The standard InChI is InChI=1S/C12H18N4/c1-8(2)6-12-14-10-5-4-9(15-13)7-11(10)16(12)3/h4-5,7-8,15H,6,13H2,1-3H3. The fourth-order valence-electron chi connectivity index (χ4n) is 1.88. The summed E-state index contributed by atoms with van der Waals surface area (Å²) in [5.41, 5.74) is 5.71. The molecule has 0 radical (unpaired) electrons. The number of rotatable bonds is 3. The van der Waals surface area contributed by atoms with Gasteiger partial charge in [0.1, 0.15) is 5.82 Å². The fourth-order valence-corrected chi connectivity index (χ4v) is 1.88. The van der Waals surface area contributed by atoms with E-state index in [9.17, 15) is 0 Å². The molecule has 2 aromatic rings. The van der Waals surface area contributed by atoms with Crippen molar-refractivity contribution in [1.82, 2.24) is 9.55 Å². The minimum atomic E-state index is 0.614. The highest BCUT2D eigenvalue weighted by Crippen LogP contribution is 2.20. The maximum Gasteiger partial charge on any atom is 0.109 e. The molecule has 0 aliphatic heterocycles. The highest BCUT2D eigenvalue weighted by Gasteiger charge is 2.09. The number of anilines is 1.